The molecule has 1 unspecified atom stereocenters. The molecule has 1 aromatic heterocycles. The summed E-state index contributed by atoms with van der Waals surface area (Å²) in [5, 5.41) is 3.01. The lowest BCUT2D eigenvalue weighted by atomic mass is 10.1. The molecule has 6 heteroatoms. The minimum absolute atomic E-state index is 0.00592. The van der Waals surface area contributed by atoms with E-state index in [0.29, 0.717) is 12.2 Å². The van der Waals surface area contributed by atoms with Gasteiger partial charge in [0, 0.05) is 23.1 Å². The molecule has 1 heterocycles. The highest BCUT2D eigenvalue weighted by Crippen LogP contribution is 2.27. The van der Waals surface area contributed by atoms with E-state index in [-0.39, 0.29) is 12.5 Å². The molecule has 1 rings (SSSR count). The predicted octanol–water partition coefficient (Wildman–Crippen LogP) is 3.84. The van der Waals surface area contributed by atoms with Crippen LogP contribution >= 0.6 is 15.9 Å². The summed E-state index contributed by atoms with van der Waals surface area (Å²) >= 11 is 3.24. The van der Waals surface area contributed by atoms with Gasteiger partial charge in [-0.3, -0.25) is 4.98 Å². The third-order valence-corrected chi connectivity index (χ3v) is 2.74. The van der Waals surface area contributed by atoms with Gasteiger partial charge < -0.3 is 5.32 Å². The fourth-order valence-electron chi connectivity index (χ4n) is 1.50. The number of aromatic nitrogens is 1. The zero-order chi connectivity index (χ0) is 12.9. The molecule has 1 aromatic rings. The van der Waals surface area contributed by atoms with Gasteiger partial charge in [0.15, 0.2) is 0 Å². The van der Waals surface area contributed by atoms with Crippen molar-refractivity contribution < 1.29 is 13.2 Å². The van der Waals surface area contributed by atoms with E-state index in [1.807, 2.05) is 6.92 Å². The number of alkyl halides is 3. The molecule has 2 nitrogen and oxygen atoms in total. The summed E-state index contributed by atoms with van der Waals surface area (Å²) in [5.74, 6) is 0. The lowest BCUT2D eigenvalue weighted by molar-refractivity contribution is -0.136. The van der Waals surface area contributed by atoms with Crippen molar-refractivity contribution in [1.82, 2.24) is 10.3 Å². The van der Waals surface area contributed by atoms with Crippen molar-refractivity contribution in [2.45, 2.75) is 32.0 Å². The van der Waals surface area contributed by atoms with Crippen LogP contribution < -0.4 is 5.32 Å². The summed E-state index contributed by atoms with van der Waals surface area (Å²) in [6.45, 7) is 2.47. The molecule has 0 aromatic carbocycles. The molecule has 0 aliphatic heterocycles. The summed E-state index contributed by atoms with van der Waals surface area (Å²) in [4.78, 5) is 4.12. The summed E-state index contributed by atoms with van der Waals surface area (Å²) in [7, 11) is 0. The van der Waals surface area contributed by atoms with Crippen molar-refractivity contribution in [3.05, 3.63) is 28.5 Å². The van der Waals surface area contributed by atoms with Crippen LogP contribution in [-0.4, -0.2) is 17.7 Å². The molecular weight excluding hydrogens is 297 g/mol. The zero-order valence-electron chi connectivity index (χ0n) is 9.39. The zero-order valence-corrected chi connectivity index (χ0v) is 11.0. The lowest BCUT2D eigenvalue weighted by Crippen LogP contribution is -2.23. The maximum absolute atomic E-state index is 12.2. The standard InChI is InChI=1S/C11H14BrF3N2/c1-2-16-10(5-6-11(13,14)15)9-4-3-8(12)7-17-9/h3-4,7,10,16H,2,5-6H2,1H3. The Labute approximate surface area is 107 Å². The molecule has 0 spiro atoms. The SMILES string of the molecule is CCNC(CCC(F)(F)F)c1ccc(Br)cn1. The second-order valence-corrected chi connectivity index (χ2v) is 4.58. The fourth-order valence-corrected chi connectivity index (χ4v) is 1.74. The molecule has 0 radical (unpaired) electrons. The fraction of sp³-hybridized carbons (Fsp3) is 0.545. The molecule has 0 saturated heterocycles. The first kappa shape index (κ1) is 14.4. The molecule has 1 atom stereocenters. The summed E-state index contributed by atoms with van der Waals surface area (Å²) < 4.78 is 37.4. The summed E-state index contributed by atoms with van der Waals surface area (Å²) in [5.41, 5.74) is 0.638. The highest BCUT2D eigenvalue weighted by Gasteiger charge is 2.28. The predicted molar refractivity (Wildman–Crippen MR) is 63.6 cm³/mol. The number of hydrogen-bond acceptors (Lipinski definition) is 2. The molecule has 0 aliphatic carbocycles. The van der Waals surface area contributed by atoms with Crippen LogP contribution in [0.4, 0.5) is 13.2 Å². The van der Waals surface area contributed by atoms with Crippen LogP contribution in [0.25, 0.3) is 0 Å². The summed E-state index contributed by atoms with van der Waals surface area (Å²) in [6, 6.07) is 3.16. The number of nitrogens with one attached hydrogen (secondary N) is 1. The lowest BCUT2D eigenvalue weighted by Gasteiger charge is -2.18. The topological polar surface area (TPSA) is 24.9 Å². The van der Waals surface area contributed by atoms with E-state index in [2.05, 4.69) is 26.2 Å². The van der Waals surface area contributed by atoms with Crippen molar-refractivity contribution in [2.75, 3.05) is 6.54 Å². The van der Waals surface area contributed by atoms with Crippen LogP contribution in [0, 0.1) is 0 Å². The Morgan fingerprint density at radius 1 is 1.41 bits per heavy atom. The third-order valence-electron chi connectivity index (χ3n) is 2.27. The highest BCUT2D eigenvalue weighted by molar-refractivity contribution is 9.10. The van der Waals surface area contributed by atoms with E-state index in [9.17, 15) is 13.2 Å². The van der Waals surface area contributed by atoms with Crippen LogP contribution in [-0.2, 0) is 0 Å². The van der Waals surface area contributed by atoms with Crippen molar-refractivity contribution in [2.24, 2.45) is 0 Å². The average molecular weight is 311 g/mol. The van der Waals surface area contributed by atoms with Gasteiger partial charge in [-0.2, -0.15) is 13.2 Å². The maximum Gasteiger partial charge on any atom is 0.389 e. The number of rotatable bonds is 5. The Morgan fingerprint density at radius 2 is 2.12 bits per heavy atom. The van der Waals surface area contributed by atoms with E-state index in [0.717, 1.165) is 4.47 Å². The minimum Gasteiger partial charge on any atom is -0.309 e. The van der Waals surface area contributed by atoms with Gasteiger partial charge in [-0.1, -0.05) is 6.92 Å². The number of pyridine rings is 1. The first-order valence-electron chi connectivity index (χ1n) is 5.34. The van der Waals surface area contributed by atoms with Crippen molar-refractivity contribution in [1.29, 1.82) is 0 Å². The molecule has 1 N–H and O–H groups in total. The van der Waals surface area contributed by atoms with Gasteiger partial charge >= 0.3 is 6.18 Å². The van der Waals surface area contributed by atoms with Crippen LogP contribution in [0.1, 0.15) is 31.5 Å². The largest absolute Gasteiger partial charge is 0.389 e. The van der Waals surface area contributed by atoms with Gasteiger partial charge in [-0.25, -0.2) is 0 Å². The van der Waals surface area contributed by atoms with Gasteiger partial charge in [0.2, 0.25) is 0 Å². The molecule has 0 amide bonds. The average Bonchev–Trinajstić information content (AvgIpc) is 2.24. The molecule has 17 heavy (non-hydrogen) atoms. The van der Waals surface area contributed by atoms with E-state index in [1.165, 1.54) is 0 Å². The second kappa shape index (κ2) is 6.35. The monoisotopic (exact) mass is 310 g/mol. The number of halogens is 4. The first-order chi connectivity index (χ1) is 7.92. The second-order valence-electron chi connectivity index (χ2n) is 3.67. The maximum atomic E-state index is 12.2. The smallest absolute Gasteiger partial charge is 0.309 e. The normalized spacial score (nSPS) is 13.7. The quantitative estimate of drug-likeness (QED) is 0.894. The van der Waals surface area contributed by atoms with Crippen molar-refractivity contribution >= 4 is 15.9 Å². The Balaban J connectivity index is 2.68. The van der Waals surface area contributed by atoms with E-state index in [4.69, 9.17) is 0 Å². The van der Waals surface area contributed by atoms with Crippen LogP contribution in [0.15, 0.2) is 22.8 Å². The molecular formula is C11H14BrF3N2. The number of nitrogens with zero attached hydrogens (tertiary/aromatic N) is 1. The first-order valence-corrected chi connectivity index (χ1v) is 6.13. The van der Waals surface area contributed by atoms with Crippen LogP contribution in [0.5, 0.6) is 0 Å². The minimum atomic E-state index is -4.12. The van der Waals surface area contributed by atoms with E-state index >= 15 is 0 Å². The van der Waals surface area contributed by atoms with Crippen molar-refractivity contribution in [3.8, 4) is 0 Å². The van der Waals surface area contributed by atoms with E-state index < -0.39 is 12.6 Å². The molecule has 0 aliphatic rings. The molecule has 0 fully saturated rings. The van der Waals surface area contributed by atoms with Gasteiger partial charge in [-0.15, -0.1) is 0 Å². The van der Waals surface area contributed by atoms with Gasteiger partial charge in [0.25, 0.3) is 0 Å². The van der Waals surface area contributed by atoms with Gasteiger partial charge in [-0.05, 0) is 41.0 Å². The molecule has 0 saturated carbocycles. The molecule has 96 valence electrons. The summed E-state index contributed by atoms with van der Waals surface area (Å²) in [6.07, 6.45) is -3.33. The van der Waals surface area contributed by atoms with E-state index in [1.54, 1.807) is 18.3 Å². The Kier molecular flexibility index (Phi) is 5.39. The Bertz CT molecular complexity index is 338. The molecule has 0 bridgehead atoms. The third kappa shape index (κ3) is 5.50. The van der Waals surface area contributed by atoms with Crippen molar-refractivity contribution in [3.63, 3.8) is 0 Å². The van der Waals surface area contributed by atoms with Crippen LogP contribution in [0.3, 0.4) is 0 Å². The highest BCUT2D eigenvalue weighted by atomic mass is 79.9. The van der Waals surface area contributed by atoms with Crippen LogP contribution in [0.2, 0.25) is 0 Å². The number of hydrogen-bond donors (Lipinski definition) is 1. The van der Waals surface area contributed by atoms with Gasteiger partial charge in [0.1, 0.15) is 0 Å². The Hall–Kier alpha value is -0.620. The van der Waals surface area contributed by atoms with Gasteiger partial charge in [0.05, 0.1) is 5.69 Å². The Morgan fingerprint density at radius 3 is 2.59 bits per heavy atom.